The Hall–Kier alpha value is -0.590. The van der Waals surface area contributed by atoms with E-state index in [9.17, 15) is 9.59 Å². The summed E-state index contributed by atoms with van der Waals surface area (Å²) in [5.74, 6) is -0.651. The first-order chi connectivity index (χ1) is 5.95. The molecular weight excluding hydrogens is 192 g/mol. The standard InChI is InChI=1S/C7H14N2O3S/c1-4(8)7(12)13-3-2-5(9)6(10)11/h4-5H,2-3,8-9H2,1H3,(H,10,11)/t4-,5?/m0/s1. The van der Waals surface area contributed by atoms with E-state index < -0.39 is 18.1 Å². The van der Waals surface area contributed by atoms with Gasteiger partial charge >= 0.3 is 5.97 Å². The Bertz CT molecular complexity index is 196. The summed E-state index contributed by atoms with van der Waals surface area (Å²) in [6.45, 7) is 1.59. The lowest BCUT2D eigenvalue weighted by atomic mass is 10.2. The van der Waals surface area contributed by atoms with Crippen LogP contribution in [0, 0.1) is 0 Å². The van der Waals surface area contributed by atoms with E-state index >= 15 is 0 Å². The highest BCUT2D eigenvalue weighted by molar-refractivity contribution is 8.13. The molecule has 0 saturated heterocycles. The van der Waals surface area contributed by atoms with E-state index in [1.165, 1.54) is 0 Å². The first-order valence-corrected chi connectivity index (χ1v) is 4.84. The molecule has 1 unspecified atom stereocenters. The van der Waals surface area contributed by atoms with Crippen molar-refractivity contribution < 1.29 is 14.7 Å². The third kappa shape index (κ3) is 5.62. The Kier molecular flexibility index (Phi) is 5.68. The van der Waals surface area contributed by atoms with Gasteiger partial charge in [-0.25, -0.2) is 0 Å². The van der Waals surface area contributed by atoms with E-state index in [4.69, 9.17) is 16.6 Å². The largest absolute Gasteiger partial charge is 0.480 e. The van der Waals surface area contributed by atoms with Crippen LogP contribution in [0.4, 0.5) is 0 Å². The molecule has 0 amide bonds. The lowest BCUT2D eigenvalue weighted by Gasteiger charge is -2.06. The van der Waals surface area contributed by atoms with Crippen LogP contribution in [-0.4, -0.2) is 34.0 Å². The van der Waals surface area contributed by atoms with E-state index in [1.54, 1.807) is 6.92 Å². The predicted molar refractivity (Wildman–Crippen MR) is 51.3 cm³/mol. The molecule has 0 heterocycles. The quantitative estimate of drug-likeness (QED) is 0.554. The van der Waals surface area contributed by atoms with Crippen molar-refractivity contribution in [3.8, 4) is 0 Å². The van der Waals surface area contributed by atoms with Crippen molar-refractivity contribution in [2.24, 2.45) is 11.5 Å². The average Bonchev–Trinajstić information content (AvgIpc) is 2.03. The molecule has 0 radical (unpaired) electrons. The first-order valence-electron chi connectivity index (χ1n) is 3.85. The summed E-state index contributed by atoms with van der Waals surface area (Å²) in [5, 5.41) is 8.27. The smallest absolute Gasteiger partial charge is 0.320 e. The summed E-state index contributed by atoms with van der Waals surface area (Å²) >= 11 is 1.02. The minimum atomic E-state index is -1.05. The van der Waals surface area contributed by atoms with Crippen LogP contribution >= 0.6 is 11.8 Å². The van der Waals surface area contributed by atoms with E-state index in [0.717, 1.165) is 11.8 Å². The van der Waals surface area contributed by atoms with Gasteiger partial charge in [0.25, 0.3) is 0 Å². The van der Waals surface area contributed by atoms with Gasteiger partial charge in [0, 0.05) is 5.75 Å². The monoisotopic (exact) mass is 206 g/mol. The Morgan fingerprint density at radius 3 is 2.38 bits per heavy atom. The highest BCUT2D eigenvalue weighted by Crippen LogP contribution is 2.07. The topological polar surface area (TPSA) is 106 Å². The number of carboxylic acid groups (broad SMARTS) is 1. The van der Waals surface area contributed by atoms with E-state index in [2.05, 4.69) is 0 Å². The van der Waals surface area contributed by atoms with E-state index in [0.29, 0.717) is 5.75 Å². The van der Waals surface area contributed by atoms with Crippen molar-refractivity contribution in [3.63, 3.8) is 0 Å². The summed E-state index contributed by atoms with van der Waals surface area (Å²) in [6.07, 6.45) is 0.276. The van der Waals surface area contributed by atoms with Gasteiger partial charge in [0.1, 0.15) is 6.04 Å². The fourth-order valence-corrected chi connectivity index (χ4v) is 1.38. The molecule has 0 bridgehead atoms. The lowest BCUT2D eigenvalue weighted by Crippen LogP contribution is -2.31. The SMILES string of the molecule is C[C@H](N)C(=O)SCCC(N)C(=O)O. The summed E-state index contributed by atoms with van der Waals surface area (Å²) in [5.41, 5.74) is 10.5. The van der Waals surface area contributed by atoms with Gasteiger partial charge < -0.3 is 16.6 Å². The molecule has 0 fully saturated rings. The molecule has 76 valence electrons. The molecule has 0 aromatic rings. The molecule has 5 nitrogen and oxygen atoms in total. The van der Waals surface area contributed by atoms with Crippen molar-refractivity contribution in [1.29, 1.82) is 0 Å². The van der Waals surface area contributed by atoms with Gasteiger partial charge in [0.05, 0.1) is 6.04 Å². The van der Waals surface area contributed by atoms with E-state index in [1.807, 2.05) is 0 Å². The summed E-state index contributed by atoms with van der Waals surface area (Å²) in [6, 6.07) is -1.40. The van der Waals surface area contributed by atoms with Crippen molar-refractivity contribution >= 4 is 22.8 Å². The zero-order chi connectivity index (χ0) is 10.4. The number of aliphatic carboxylic acids is 1. The number of thioether (sulfide) groups is 1. The van der Waals surface area contributed by atoms with Crippen LogP contribution in [0.1, 0.15) is 13.3 Å². The summed E-state index contributed by atoms with van der Waals surface area (Å²) < 4.78 is 0. The van der Waals surface area contributed by atoms with Gasteiger partial charge in [0.2, 0.25) is 5.12 Å². The zero-order valence-electron chi connectivity index (χ0n) is 7.40. The molecule has 6 heteroatoms. The highest BCUT2D eigenvalue weighted by Gasteiger charge is 2.13. The molecule has 0 aliphatic carbocycles. The van der Waals surface area contributed by atoms with Crippen LogP contribution in [-0.2, 0) is 9.59 Å². The van der Waals surface area contributed by atoms with Gasteiger partial charge in [-0.1, -0.05) is 11.8 Å². The molecule has 0 saturated carbocycles. The zero-order valence-corrected chi connectivity index (χ0v) is 8.21. The van der Waals surface area contributed by atoms with Gasteiger partial charge in [0.15, 0.2) is 0 Å². The Balaban J connectivity index is 3.56. The molecule has 0 rings (SSSR count). The minimum Gasteiger partial charge on any atom is -0.480 e. The number of rotatable bonds is 5. The van der Waals surface area contributed by atoms with Gasteiger partial charge in [-0.2, -0.15) is 0 Å². The second-order valence-corrected chi connectivity index (χ2v) is 3.79. The van der Waals surface area contributed by atoms with Gasteiger partial charge in [-0.3, -0.25) is 9.59 Å². The fraction of sp³-hybridized carbons (Fsp3) is 0.714. The van der Waals surface area contributed by atoms with Crippen LogP contribution in [0.15, 0.2) is 0 Å². The summed E-state index contributed by atoms with van der Waals surface area (Å²) in [4.78, 5) is 21.2. The minimum absolute atomic E-state index is 0.141. The average molecular weight is 206 g/mol. The molecule has 5 N–H and O–H groups in total. The Morgan fingerprint density at radius 2 is 2.00 bits per heavy atom. The molecular formula is C7H14N2O3S. The van der Waals surface area contributed by atoms with Crippen molar-refractivity contribution in [3.05, 3.63) is 0 Å². The van der Waals surface area contributed by atoms with E-state index in [-0.39, 0.29) is 11.5 Å². The van der Waals surface area contributed by atoms with Crippen molar-refractivity contribution in [2.75, 3.05) is 5.75 Å². The summed E-state index contributed by atoms with van der Waals surface area (Å²) in [7, 11) is 0. The van der Waals surface area contributed by atoms with Crippen molar-refractivity contribution in [1.82, 2.24) is 0 Å². The Morgan fingerprint density at radius 1 is 1.46 bits per heavy atom. The van der Waals surface area contributed by atoms with Crippen LogP contribution < -0.4 is 11.5 Å². The van der Waals surface area contributed by atoms with Crippen LogP contribution in [0.25, 0.3) is 0 Å². The maximum Gasteiger partial charge on any atom is 0.320 e. The third-order valence-electron chi connectivity index (χ3n) is 1.36. The second-order valence-electron chi connectivity index (χ2n) is 2.69. The molecule has 0 aliphatic rings. The highest BCUT2D eigenvalue weighted by atomic mass is 32.2. The predicted octanol–water partition coefficient (Wildman–Crippen LogP) is -0.605. The molecule has 0 aliphatic heterocycles. The third-order valence-corrected chi connectivity index (χ3v) is 2.46. The van der Waals surface area contributed by atoms with Crippen molar-refractivity contribution in [2.45, 2.75) is 25.4 Å². The van der Waals surface area contributed by atoms with Crippen LogP contribution in [0.5, 0.6) is 0 Å². The molecule has 0 aromatic carbocycles. The molecule has 13 heavy (non-hydrogen) atoms. The van der Waals surface area contributed by atoms with Crippen LogP contribution in [0.3, 0.4) is 0 Å². The fourth-order valence-electron chi connectivity index (χ4n) is 0.541. The van der Waals surface area contributed by atoms with Crippen LogP contribution in [0.2, 0.25) is 0 Å². The lowest BCUT2D eigenvalue weighted by molar-refractivity contribution is -0.138. The Labute approximate surface area is 80.8 Å². The normalized spacial score (nSPS) is 15.0. The molecule has 0 spiro atoms. The first kappa shape index (κ1) is 12.4. The molecule has 0 aromatic heterocycles. The number of hydrogen-bond acceptors (Lipinski definition) is 5. The second kappa shape index (κ2) is 5.95. The maximum atomic E-state index is 10.9. The number of nitrogens with two attached hydrogens (primary N) is 2. The molecule has 2 atom stereocenters. The maximum absolute atomic E-state index is 10.9. The number of carboxylic acids is 1. The van der Waals surface area contributed by atoms with Gasteiger partial charge in [-0.15, -0.1) is 0 Å². The number of carbonyl (C=O) groups is 2. The number of hydrogen-bond donors (Lipinski definition) is 3. The number of carbonyl (C=O) groups excluding carboxylic acids is 1. The van der Waals surface area contributed by atoms with Gasteiger partial charge in [-0.05, 0) is 13.3 Å².